The Bertz CT molecular complexity index is 437. The number of benzene rings is 1. The van der Waals surface area contributed by atoms with E-state index >= 15 is 0 Å². The average molecular weight is 256 g/mol. The smallest absolute Gasteiger partial charge is 0.307 e. The second kappa shape index (κ2) is 6.15. The molecule has 1 aromatic carbocycles. The predicted octanol–water partition coefficient (Wildman–Crippen LogP) is 1.43. The van der Waals surface area contributed by atoms with E-state index in [0.717, 1.165) is 0 Å². The molecule has 0 spiro atoms. The molecule has 17 heavy (non-hydrogen) atoms. The van der Waals surface area contributed by atoms with Crippen molar-refractivity contribution >= 4 is 28.9 Å². The van der Waals surface area contributed by atoms with Gasteiger partial charge in [-0.25, -0.2) is 4.39 Å². The van der Waals surface area contributed by atoms with Crippen molar-refractivity contribution in [3.8, 4) is 0 Å². The molecule has 3 N–H and O–H groups in total. The number of nitrogens with two attached hydrogens (primary N) is 1. The zero-order chi connectivity index (χ0) is 12.8. The number of esters is 1. The summed E-state index contributed by atoms with van der Waals surface area (Å²) in [4.78, 5) is 11.0. The summed E-state index contributed by atoms with van der Waals surface area (Å²) in [5, 5.41) is 2.95. The van der Waals surface area contributed by atoms with Crippen LogP contribution in [0.1, 0.15) is 12.0 Å². The van der Waals surface area contributed by atoms with Crippen LogP contribution in [0.4, 0.5) is 10.1 Å². The van der Waals surface area contributed by atoms with Gasteiger partial charge in [-0.2, -0.15) is 0 Å². The molecule has 0 aromatic heterocycles. The number of hydrogen-bond donors (Lipinski definition) is 2. The van der Waals surface area contributed by atoms with Gasteiger partial charge in [-0.3, -0.25) is 4.79 Å². The predicted molar refractivity (Wildman–Crippen MR) is 67.4 cm³/mol. The quantitative estimate of drug-likeness (QED) is 0.616. The molecule has 6 heteroatoms. The SMILES string of the molecule is COC(=O)CCNc1ccc(F)cc1C(N)=S. The van der Waals surface area contributed by atoms with Crippen molar-refractivity contribution < 1.29 is 13.9 Å². The van der Waals surface area contributed by atoms with Crippen molar-refractivity contribution in [1.29, 1.82) is 0 Å². The summed E-state index contributed by atoms with van der Waals surface area (Å²) >= 11 is 4.81. The van der Waals surface area contributed by atoms with Crippen molar-refractivity contribution in [2.75, 3.05) is 19.0 Å². The molecular formula is C11H13FN2O2S. The number of methoxy groups -OCH3 is 1. The van der Waals surface area contributed by atoms with Crippen molar-refractivity contribution in [3.63, 3.8) is 0 Å². The van der Waals surface area contributed by atoms with Crippen LogP contribution in [-0.4, -0.2) is 24.6 Å². The average Bonchev–Trinajstić information content (AvgIpc) is 2.30. The van der Waals surface area contributed by atoms with E-state index < -0.39 is 5.82 Å². The van der Waals surface area contributed by atoms with Crippen molar-refractivity contribution in [2.45, 2.75) is 6.42 Å². The van der Waals surface area contributed by atoms with E-state index in [1.54, 1.807) is 0 Å². The molecule has 92 valence electrons. The summed E-state index contributed by atoms with van der Waals surface area (Å²) in [7, 11) is 1.32. The molecule has 0 unspecified atom stereocenters. The highest BCUT2D eigenvalue weighted by atomic mass is 32.1. The van der Waals surface area contributed by atoms with Crippen LogP contribution in [0.2, 0.25) is 0 Å². The van der Waals surface area contributed by atoms with Crippen molar-refractivity contribution in [1.82, 2.24) is 0 Å². The van der Waals surface area contributed by atoms with E-state index in [4.69, 9.17) is 18.0 Å². The molecule has 1 rings (SSSR count). The van der Waals surface area contributed by atoms with E-state index in [1.807, 2.05) is 0 Å². The number of carbonyl (C=O) groups excluding carboxylic acids is 1. The number of thiocarbonyl (C=S) groups is 1. The first-order valence-electron chi connectivity index (χ1n) is 4.94. The highest BCUT2D eigenvalue weighted by Gasteiger charge is 2.07. The Balaban J connectivity index is 2.70. The molecule has 0 atom stereocenters. The van der Waals surface area contributed by atoms with Crippen LogP contribution in [-0.2, 0) is 9.53 Å². The minimum absolute atomic E-state index is 0.102. The molecule has 1 aromatic rings. The molecular weight excluding hydrogens is 243 g/mol. The lowest BCUT2D eigenvalue weighted by Crippen LogP contribution is -2.15. The van der Waals surface area contributed by atoms with Crippen LogP contribution in [0, 0.1) is 5.82 Å². The number of hydrogen-bond acceptors (Lipinski definition) is 4. The van der Waals surface area contributed by atoms with Gasteiger partial charge in [-0.15, -0.1) is 0 Å². The largest absolute Gasteiger partial charge is 0.469 e. The van der Waals surface area contributed by atoms with Gasteiger partial charge in [0.2, 0.25) is 0 Å². The maximum atomic E-state index is 13.0. The Labute approximate surface area is 104 Å². The van der Waals surface area contributed by atoms with Gasteiger partial charge in [-0.1, -0.05) is 12.2 Å². The van der Waals surface area contributed by atoms with Gasteiger partial charge in [0.15, 0.2) is 0 Å². The summed E-state index contributed by atoms with van der Waals surface area (Å²) in [5.74, 6) is -0.734. The number of rotatable bonds is 5. The molecule has 0 bridgehead atoms. The lowest BCUT2D eigenvalue weighted by atomic mass is 10.1. The normalized spacial score (nSPS) is 9.76. The third-order valence-electron chi connectivity index (χ3n) is 2.12. The van der Waals surface area contributed by atoms with E-state index in [2.05, 4.69) is 10.1 Å². The lowest BCUT2D eigenvalue weighted by molar-refractivity contribution is -0.140. The number of anilines is 1. The monoisotopic (exact) mass is 256 g/mol. The minimum atomic E-state index is -0.411. The summed E-state index contributed by atoms with van der Waals surface area (Å²) in [6, 6.07) is 4.08. The fraction of sp³-hybridized carbons (Fsp3) is 0.273. The second-order valence-electron chi connectivity index (χ2n) is 3.31. The van der Waals surface area contributed by atoms with Gasteiger partial charge in [0, 0.05) is 17.8 Å². The van der Waals surface area contributed by atoms with Crippen molar-refractivity contribution in [2.24, 2.45) is 5.73 Å². The molecule has 0 aliphatic carbocycles. The minimum Gasteiger partial charge on any atom is -0.469 e. The highest BCUT2D eigenvalue weighted by molar-refractivity contribution is 7.80. The molecule has 0 saturated heterocycles. The summed E-state index contributed by atoms with van der Waals surface area (Å²) in [6.07, 6.45) is 0.213. The molecule has 0 aliphatic heterocycles. The Morgan fingerprint density at radius 2 is 2.29 bits per heavy atom. The number of carbonyl (C=O) groups is 1. The summed E-state index contributed by atoms with van der Waals surface area (Å²) < 4.78 is 17.5. The second-order valence-corrected chi connectivity index (χ2v) is 3.75. The lowest BCUT2D eigenvalue weighted by Gasteiger charge is -2.10. The van der Waals surface area contributed by atoms with Crippen LogP contribution in [0.25, 0.3) is 0 Å². The van der Waals surface area contributed by atoms with Crippen LogP contribution >= 0.6 is 12.2 Å². The summed E-state index contributed by atoms with van der Waals surface area (Å²) in [5.41, 5.74) is 6.50. The number of nitrogens with one attached hydrogen (secondary N) is 1. The van der Waals surface area contributed by atoms with E-state index in [1.165, 1.54) is 25.3 Å². The Morgan fingerprint density at radius 3 is 2.88 bits per heavy atom. The maximum absolute atomic E-state index is 13.0. The van der Waals surface area contributed by atoms with Crippen LogP contribution < -0.4 is 11.1 Å². The standard InChI is InChI=1S/C11H13FN2O2S/c1-16-10(15)4-5-14-9-3-2-7(12)6-8(9)11(13)17/h2-3,6,14H,4-5H2,1H3,(H2,13,17). The first-order valence-corrected chi connectivity index (χ1v) is 5.35. The molecule has 4 nitrogen and oxygen atoms in total. The third-order valence-corrected chi connectivity index (χ3v) is 2.34. The fourth-order valence-corrected chi connectivity index (χ4v) is 1.44. The van der Waals surface area contributed by atoms with Crippen LogP contribution in [0.5, 0.6) is 0 Å². The fourth-order valence-electron chi connectivity index (χ4n) is 1.28. The van der Waals surface area contributed by atoms with Crippen LogP contribution in [0.3, 0.4) is 0 Å². The molecule has 0 aliphatic rings. The summed E-state index contributed by atoms with van der Waals surface area (Å²) in [6.45, 7) is 0.369. The topological polar surface area (TPSA) is 64.3 Å². The van der Waals surface area contributed by atoms with E-state index in [0.29, 0.717) is 17.8 Å². The van der Waals surface area contributed by atoms with Crippen molar-refractivity contribution in [3.05, 3.63) is 29.6 Å². The Hall–Kier alpha value is -1.69. The zero-order valence-corrected chi connectivity index (χ0v) is 10.1. The molecule has 0 amide bonds. The highest BCUT2D eigenvalue weighted by Crippen LogP contribution is 2.16. The van der Waals surface area contributed by atoms with Gasteiger partial charge >= 0.3 is 5.97 Å². The van der Waals surface area contributed by atoms with Gasteiger partial charge in [-0.05, 0) is 18.2 Å². The van der Waals surface area contributed by atoms with E-state index in [9.17, 15) is 9.18 Å². The Morgan fingerprint density at radius 1 is 1.59 bits per heavy atom. The van der Waals surface area contributed by atoms with E-state index in [-0.39, 0.29) is 17.4 Å². The number of ether oxygens (including phenoxy) is 1. The number of halogens is 1. The zero-order valence-electron chi connectivity index (χ0n) is 9.33. The van der Waals surface area contributed by atoms with Gasteiger partial charge in [0.05, 0.1) is 13.5 Å². The Kier molecular flexibility index (Phi) is 4.84. The van der Waals surface area contributed by atoms with Gasteiger partial charge in [0.1, 0.15) is 10.8 Å². The van der Waals surface area contributed by atoms with Gasteiger partial charge < -0.3 is 15.8 Å². The third kappa shape index (κ3) is 3.99. The molecule has 0 radical (unpaired) electrons. The molecule has 0 fully saturated rings. The van der Waals surface area contributed by atoms with Gasteiger partial charge in [0.25, 0.3) is 0 Å². The maximum Gasteiger partial charge on any atom is 0.307 e. The molecule has 0 heterocycles. The molecule has 0 saturated carbocycles. The first kappa shape index (κ1) is 13.4. The first-order chi connectivity index (χ1) is 8.04. The van der Waals surface area contributed by atoms with Crippen LogP contribution in [0.15, 0.2) is 18.2 Å².